The summed E-state index contributed by atoms with van der Waals surface area (Å²) in [5.41, 5.74) is 3.79. The van der Waals surface area contributed by atoms with E-state index in [0.717, 1.165) is 26.0 Å². The number of rotatable bonds is 6. The Morgan fingerprint density at radius 1 is 1.36 bits per heavy atom. The minimum absolute atomic E-state index is 0.209. The molecule has 4 nitrogen and oxygen atoms in total. The Bertz CT molecular complexity index is 472. The quantitative estimate of drug-likeness (QED) is 0.808. The van der Waals surface area contributed by atoms with Gasteiger partial charge < -0.3 is 14.4 Å². The second-order valence-electron chi connectivity index (χ2n) is 6.83. The standard InChI is InChI=1S/C18H30N2O2/c1-13(2)17-7-6-16(18(19-17)11-20(3)4)14-8-9-22-15(10-14)12-21-5/h6-7,13-15H,8-12H2,1-5H3. The van der Waals surface area contributed by atoms with Gasteiger partial charge in [-0.1, -0.05) is 19.9 Å². The van der Waals surface area contributed by atoms with E-state index < -0.39 is 0 Å². The molecular weight excluding hydrogens is 276 g/mol. The molecule has 1 aromatic rings. The van der Waals surface area contributed by atoms with Gasteiger partial charge in [-0.25, -0.2) is 0 Å². The Labute approximate surface area is 134 Å². The van der Waals surface area contributed by atoms with Gasteiger partial charge >= 0.3 is 0 Å². The molecule has 124 valence electrons. The molecule has 2 unspecified atom stereocenters. The zero-order valence-electron chi connectivity index (χ0n) is 14.6. The highest BCUT2D eigenvalue weighted by Crippen LogP contribution is 2.33. The molecule has 1 aliphatic heterocycles. The minimum atomic E-state index is 0.209. The van der Waals surface area contributed by atoms with Gasteiger partial charge in [-0.2, -0.15) is 0 Å². The molecule has 0 saturated carbocycles. The third-order valence-electron chi connectivity index (χ3n) is 4.25. The number of ether oxygens (including phenoxy) is 2. The Hall–Kier alpha value is -0.970. The van der Waals surface area contributed by atoms with Crippen molar-refractivity contribution in [1.82, 2.24) is 9.88 Å². The summed E-state index contributed by atoms with van der Waals surface area (Å²) in [6.45, 7) is 6.78. The Morgan fingerprint density at radius 2 is 2.14 bits per heavy atom. The van der Waals surface area contributed by atoms with Crippen LogP contribution in [0.4, 0.5) is 0 Å². The van der Waals surface area contributed by atoms with Gasteiger partial charge in [0.25, 0.3) is 0 Å². The number of aromatic nitrogens is 1. The molecule has 2 atom stereocenters. The van der Waals surface area contributed by atoms with Gasteiger partial charge in [0.1, 0.15) is 0 Å². The van der Waals surface area contributed by atoms with Crippen LogP contribution in [-0.2, 0) is 16.0 Å². The summed E-state index contributed by atoms with van der Waals surface area (Å²) in [4.78, 5) is 7.14. The van der Waals surface area contributed by atoms with Crippen molar-refractivity contribution < 1.29 is 9.47 Å². The molecule has 0 spiro atoms. The fraction of sp³-hybridized carbons (Fsp3) is 0.722. The van der Waals surface area contributed by atoms with Crippen LogP contribution in [0.1, 0.15) is 55.5 Å². The van der Waals surface area contributed by atoms with Crippen LogP contribution in [-0.4, -0.2) is 50.4 Å². The van der Waals surface area contributed by atoms with Crippen molar-refractivity contribution in [1.29, 1.82) is 0 Å². The fourth-order valence-electron chi connectivity index (χ4n) is 3.11. The average Bonchev–Trinajstić information content (AvgIpc) is 2.47. The van der Waals surface area contributed by atoms with Gasteiger partial charge in [-0.15, -0.1) is 0 Å². The summed E-state index contributed by atoms with van der Waals surface area (Å²) >= 11 is 0. The molecule has 4 heteroatoms. The van der Waals surface area contributed by atoms with Gasteiger partial charge in [0.05, 0.1) is 18.4 Å². The fourth-order valence-corrected chi connectivity index (χ4v) is 3.11. The summed E-state index contributed by atoms with van der Waals surface area (Å²) in [5, 5.41) is 0. The summed E-state index contributed by atoms with van der Waals surface area (Å²) in [7, 11) is 5.94. The number of pyridine rings is 1. The maximum Gasteiger partial charge on any atom is 0.0814 e. The van der Waals surface area contributed by atoms with Crippen LogP contribution >= 0.6 is 0 Å². The van der Waals surface area contributed by atoms with Crippen LogP contribution < -0.4 is 0 Å². The van der Waals surface area contributed by atoms with Crippen LogP contribution in [0.15, 0.2) is 12.1 Å². The average molecular weight is 306 g/mol. The molecule has 1 aromatic heterocycles. The van der Waals surface area contributed by atoms with Gasteiger partial charge in [0.2, 0.25) is 0 Å². The topological polar surface area (TPSA) is 34.6 Å². The van der Waals surface area contributed by atoms with Crippen molar-refractivity contribution in [2.75, 3.05) is 34.4 Å². The van der Waals surface area contributed by atoms with E-state index in [1.807, 2.05) is 0 Å². The lowest BCUT2D eigenvalue weighted by Gasteiger charge is -2.31. The number of hydrogen-bond acceptors (Lipinski definition) is 4. The lowest BCUT2D eigenvalue weighted by atomic mass is 9.87. The van der Waals surface area contributed by atoms with Gasteiger partial charge in [-0.05, 0) is 50.4 Å². The Balaban J connectivity index is 2.24. The minimum Gasteiger partial charge on any atom is -0.382 e. The summed E-state index contributed by atoms with van der Waals surface area (Å²) < 4.78 is 11.1. The first-order chi connectivity index (χ1) is 10.5. The van der Waals surface area contributed by atoms with E-state index in [9.17, 15) is 0 Å². The van der Waals surface area contributed by atoms with Crippen molar-refractivity contribution in [3.8, 4) is 0 Å². The van der Waals surface area contributed by atoms with Crippen molar-refractivity contribution in [2.45, 2.75) is 51.2 Å². The summed E-state index contributed by atoms with van der Waals surface area (Å²) in [6.07, 6.45) is 2.31. The SMILES string of the molecule is COCC1CC(c2ccc(C(C)C)nc2CN(C)C)CCO1. The Morgan fingerprint density at radius 3 is 2.77 bits per heavy atom. The third kappa shape index (κ3) is 4.51. The van der Waals surface area contributed by atoms with Crippen molar-refractivity contribution in [3.05, 3.63) is 29.1 Å². The first-order valence-corrected chi connectivity index (χ1v) is 8.26. The molecule has 1 saturated heterocycles. The molecule has 1 fully saturated rings. The zero-order valence-corrected chi connectivity index (χ0v) is 14.6. The number of methoxy groups -OCH3 is 1. The molecule has 0 aliphatic carbocycles. The molecule has 0 aromatic carbocycles. The number of hydrogen-bond donors (Lipinski definition) is 0. The van der Waals surface area contributed by atoms with E-state index >= 15 is 0 Å². The predicted octanol–water partition coefficient (Wildman–Crippen LogP) is 3.18. The molecule has 0 radical (unpaired) electrons. The molecule has 0 amide bonds. The highest BCUT2D eigenvalue weighted by atomic mass is 16.5. The molecular formula is C18H30N2O2. The zero-order chi connectivity index (χ0) is 16.1. The smallest absolute Gasteiger partial charge is 0.0814 e. The molecule has 2 heterocycles. The van der Waals surface area contributed by atoms with Gasteiger partial charge in [-0.3, -0.25) is 4.98 Å². The molecule has 0 bridgehead atoms. The van der Waals surface area contributed by atoms with E-state index in [4.69, 9.17) is 14.5 Å². The molecule has 0 N–H and O–H groups in total. The van der Waals surface area contributed by atoms with E-state index in [0.29, 0.717) is 18.4 Å². The van der Waals surface area contributed by atoms with Crippen molar-refractivity contribution in [2.24, 2.45) is 0 Å². The molecule has 2 rings (SSSR count). The molecule has 22 heavy (non-hydrogen) atoms. The lowest BCUT2D eigenvalue weighted by molar-refractivity contribution is -0.0361. The van der Waals surface area contributed by atoms with Crippen LogP contribution in [0.2, 0.25) is 0 Å². The second kappa shape index (κ2) is 8.04. The van der Waals surface area contributed by atoms with Crippen molar-refractivity contribution in [3.63, 3.8) is 0 Å². The Kier molecular flexibility index (Phi) is 6.36. The van der Waals surface area contributed by atoms with Crippen LogP contribution in [0.25, 0.3) is 0 Å². The number of nitrogens with zero attached hydrogens (tertiary/aromatic N) is 2. The third-order valence-corrected chi connectivity index (χ3v) is 4.25. The van der Waals surface area contributed by atoms with Crippen molar-refractivity contribution >= 4 is 0 Å². The predicted molar refractivity (Wildman–Crippen MR) is 89.3 cm³/mol. The maximum atomic E-state index is 5.80. The highest BCUT2D eigenvalue weighted by molar-refractivity contribution is 5.28. The van der Waals surface area contributed by atoms with Crippen LogP contribution in [0.3, 0.4) is 0 Å². The van der Waals surface area contributed by atoms with E-state index in [-0.39, 0.29) is 6.10 Å². The van der Waals surface area contributed by atoms with E-state index in [1.165, 1.54) is 17.0 Å². The lowest BCUT2D eigenvalue weighted by Crippen LogP contribution is -2.29. The summed E-state index contributed by atoms with van der Waals surface area (Å²) in [5.74, 6) is 0.989. The monoisotopic (exact) mass is 306 g/mol. The first-order valence-electron chi connectivity index (χ1n) is 8.26. The first kappa shape index (κ1) is 17.4. The molecule has 1 aliphatic rings. The van der Waals surface area contributed by atoms with E-state index in [1.54, 1.807) is 7.11 Å². The summed E-state index contributed by atoms with van der Waals surface area (Å²) in [6, 6.07) is 4.49. The van der Waals surface area contributed by atoms with Crippen LogP contribution in [0, 0.1) is 0 Å². The largest absolute Gasteiger partial charge is 0.382 e. The highest BCUT2D eigenvalue weighted by Gasteiger charge is 2.26. The van der Waals surface area contributed by atoms with Gasteiger partial charge in [0.15, 0.2) is 0 Å². The normalized spacial score (nSPS) is 22.5. The maximum absolute atomic E-state index is 5.80. The van der Waals surface area contributed by atoms with Gasteiger partial charge in [0, 0.05) is 26.0 Å². The van der Waals surface area contributed by atoms with Crippen LogP contribution in [0.5, 0.6) is 0 Å². The van der Waals surface area contributed by atoms with E-state index in [2.05, 4.69) is 45.0 Å². The second-order valence-corrected chi connectivity index (χ2v) is 6.83.